The van der Waals surface area contributed by atoms with Gasteiger partial charge in [0.05, 0.1) is 18.8 Å². The first-order valence-corrected chi connectivity index (χ1v) is 10.7. The maximum absolute atomic E-state index is 13.4. The number of fused-ring (bicyclic) bond motifs is 2. The number of hydrogen-bond donors (Lipinski definition) is 0. The Kier molecular flexibility index (Phi) is 4.90. The molecule has 0 bridgehead atoms. The highest BCUT2D eigenvalue weighted by Crippen LogP contribution is 2.44. The van der Waals surface area contributed by atoms with E-state index >= 15 is 0 Å². The van der Waals surface area contributed by atoms with Crippen molar-refractivity contribution in [3.63, 3.8) is 0 Å². The van der Waals surface area contributed by atoms with Gasteiger partial charge in [0.25, 0.3) is 5.91 Å². The summed E-state index contributed by atoms with van der Waals surface area (Å²) in [5, 5.41) is 0. The molecule has 3 aliphatic heterocycles. The molecule has 31 heavy (non-hydrogen) atoms. The van der Waals surface area contributed by atoms with Crippen LogP contribution >= 0.6 is 0 Å². The van der Waals surface area contributed by atoms with E-state index in [0.29, 0.717) is 56.2 Å². The van der Waals surface area contributed by atoms with E-state index in [1.165, 1.54) is 16.2 Å². The summed E-state index contributed by atoms with van der Waals surface area (Å²) in [7, 11) is 1.98. The molecule has 1 aromatic carbocycles. The van der Waals surface area contributed by atoms with E-state index in [2.05, 4.69) is 4.90 Å². The zero-order chi connectivity index (χ0) is 21.8. The first-order chi connectivity index (χ1) is 14.8. The fourth-order valence-corrected chi connectivity index (χ4v) is 5.25. The van der Waals surface area contributed by atoms with Gasteiger partial charge < -0.3 is 14.2 Å². The van der Waals surface area contributed by atoms with Crippen molar-refractivity contribution < 1.29 is 22.7 Å². The molecule has 166 valence electrons. The van der Waals surface area contributed by atoms with Crippen molar-refractivity contribution in [2.24, 2.45) is 0 Å². The number of carbonyl (C=O) groups is 1. The monoisotopic (exact) mass is 433 g/mol. The third-order valence-corrected chi connectivity index (χ3v) is 7.28. The Morgan fingerprint density at radius 1 is 1.00 bits per heavy atom. The van der Waals surface area contributed by atoms with Crippen molar-refractivity contribution in [2.75, 3.05) is 39.9 Å². The van der Waals surface area contributed by atoms with Crippen molar-refractivity contribution in [3.8, 4) is 0 Å². The minimum atomic E-state index is -4.36. The lowest BCUT2D eigenvalue weighted by atomic mass is 9.81. The number of amides is 1. The van der Waals surface area contributed by atoms with Crippen molar-refractivity contribution >= 4 is 5.91 Å². The van der Waals surface area contributed by atoms with Gasteiger partial charge in [0.2, 0.25) is 0 Å². The second-order valence-electron chi connectivity index (χ2n) is 8.85. The van der Waals surface area contributed by atoms with Gasteiger partial charge in [-0.25, -0.2) is 0 Å². The van der Waals surface area contributed by atoms with Crippen LogP contribution in [-0.4, -0.2) is 60.2 Å². The second kappa shape index (κ2) is 7.38. The smallest absolute Gasteiger partial charge is 0.380 e. The molecule has 0 radical (unpaired) electrons. The Labute approximate surface area is 179 Å². The third-order valence-electron chi connectivity index (χ3n) is 7.28. The molecule has 0 aliphatic carbocycles. The maximum atomic E-state index is 13.4. The van der Waals surface area contributed by atoms with Crippen molar-refractivity contribution in [3.05, 3.63) is 58.9 Å². The molecule has 0 atom stereocenters. The fraction of sp³-hybridized carbons (Fsp3) is 0.522. The van der Waals surface area contributed by atoms with Crippen LogP contribution in [0.3, 0.4) is 0 Å². The number of halogens is 3. The lowest BCUT2D eigenvalue weighted by Crippen LogP contribution is -2.56. The van der Waals surface area contributed by atoms with E-state index < -0.39 is 17.4 Å². The number of nitrogens with zero attached hydrogens (tertiary/aromatic N) is 3. The number of piperidine rings is 1. The third kappa shape index (κ3) is 3.36. The van der Waals surface area contributed by atoms with Crippen LogP contribution in [0, 0.1) is 0 Å². The van der Waals surface area contributed by atoms with Crippen LogP contribution in [0.2, 0.25) is 0 Å². The molecule has 8 heteroatoms. The number of likely N-dealkylation sites (tertiary alicyclic amines) is 1. The van der Waals surface area contributed by atoms with Gasteiger partial charge in [-0.15, -0.1) is 0 Å². The van der Waals surface area contributed by atoms with E-state index in [9.17, 15) is 18.0 Å². The van der Waals surface area contributed by atoms with Gasteiger partial charge in [0, 0.05) is 43.4 Å². The summed E-state index contributed by atoms with van der Waals surface area (Å²) in [4.78, 5) is 17.0. The summed E-state index contributed by atoms with van der Waals surface area (Å²) in [5.41, 5.74) is 1.51. The first-order valence-electron chi connectivity index (χ1n) is 10.7. The topological polar surface area (TPSA) is 37.7 Å². The molecule has 1 spiro atoms. The summed E-state index contributed by atoms with van der Waals surface area (Å²) in [6.45, 7) is 3.39. The summed E-state index contributed by atoms with van der Waals surface area (Å²) in [6, 6.07) is 10.5. The Balaban J connectivity index is 1.33. The van der Waals surface area contributed by atoms with Crippen LogP contribution < -0.4 is 0 Å². The molecule has 5 rings (SSSR count). The number of ether oxygens (including phenoxy) is 1. The van der Waals surface area contributed by atoms with Gasteiger partial charge in [0.1, 0.15) is 5.69 Å². The number of aromatic nitrogens is 1. The zero-order valence-corrected chi connectivity index (χ0v) is 17.5. The molecule has 5 nitrogen and oxygen atoms in total. The summed E-state index contributed by atoms with van der Waals surface area (Å²) in [5.74, 6) is 0.398. The number of rotatable bonds is 2. The Bertz CT molecular complexity index is 971. The molecule has 3 aliphatic rings. The molecular formula is C23H26F3N3O2. The summed E-state index contributed by atoms with van der Waals surface area (Å²) < 4.78 is 46.9. The lowest BCUT2D eigenvalue weighted by molar-refractivity contribution is -0.144. The molecule has 2 fully saturated rings. The Morgan fingerprint density at radius 2 is 1.68 bits per heavy atom. The number of hydrogen-bond acceptors (Lipinski definition) is 3. The van der Waals surface area contributed by atoms with E-state index in [4.69, 9.17) is 4.74 Å². The standard InChI is InChI=1S/C23H26F3N3O2/c1-27-12-13-29-19(6-7-20(29)23(24,25)26)22(27)8-10-28(11-9-22)21(30)17-4-2-16(3-5-17)18-14-31-15-18/h2-7,18H,8-15H2,1H3. The zero-order valence-electron chi connectivity index (χ0n) is 17.5. The molecule has 0 saturated carbocycles. The van der Waals surface area contributed by atoms with Crippen LogP contribution in [-0.2, 0) is 23.0 Å². The van der Waals surface area contributed by atoms with Crippen molar-refractivity contribution in [2.45, 2.75) is 37.0 Å². The van der Waals surface area contributed by atoms with Gasteiger partial charge in [-0.2, -0.15) is 13.2 Å². The predicted molar refractivity (Wildman–Crippen MR) is 109 cm³/mol. The van der Waals surface area contributed by atoms with Gasteiger partial charge >= 0.3 is 6.18 Å². The predicted octanol–water partition coefficient (Wildman–Crippen LogP) is 3.70. The number of alkyl halides is 3. The largest absolute Gasteiger partial charge is 0.431 e. The molecule has 4 heterocycles. The highest BCUT2D eigenvalue weighted by Gasteiger charge is 2.47. The SMILES string of the molecule is CN1CCn2c(C(F)(F)F)ccc2C12CCN(C(=O)c1ccc(C3COC3)cc1)CC2. The maximum Gasteiger partial charge on any atom is 0.431 e. The van der Waals surface area contributed by atoms with Crippen molar-refractivity contribution in [1.29, 1.82) is 0 Å². The molecule has 2 aromatic rings. The molecular weight excluding hydrogens is 407 g/mol. The van der Waals surface area contributed by atoms with Gasteiger partial charge in [-0.3, -0.25) is 9.69 Å². The fourth-order valence-electron chi connectivity index (χ4n) is 5.25. The Morgan fingerprint density at radius 3 is 2.26 bits per heavy atom. The highest BCUT2D eigenvalue weighted by atomic mass is 19.4. The van der Waals surface area contributed by atoms with Gasteiger partial charge in [-0.05, 0) is 49.7 Å². The average molecular weight is 433 g/mol. The number of benzene rings is 1. The minimum absolute atomic E-state index is 0.0175. The van der Waals surface area contributed by atoms with E-state index in [1.54, 1.807) is 6.07 Å². The molecule has 1 aromatic heterocycles. The van der Waals surface area contributed by atoms with E-state index in [1.807, 2.05) is 36.2 Å². The van der Waals surface area contributed by atoms with Crippen molar-refractivity contribution in [1.82, 2.24) is 14.4 Å². The number of carbonyl (C=O) groups excluding carboxylic acids is 1. The molecule has 0 N–H and O–H groups in total. The summed E-state index contributed by atoms with van der Waals surface area (Å²) in [6.07, 6.45) is -3.12. The molecule has 2 saturated heterocycles. The summed E-state index contributed by atoms with van der Waals surface area (Å²) >= 11 is 0. The van der Waals surface area contributed by atoms with Gasteiger partial charge in [0.15, 0.2) is 0 Å². The van der Waals surface area contributed by atoms with Crippen LogP contribution in [0.1, 0.15) is 46.1 Å². The van der Waals surface area contributed by atoms with Crippen LogP contribution in [0.25, 0.3) is 0 Å². The first kappa shape index (κ1) is 20.6. The lowest BCUT2D eigenvalue weighted by Gasteiger charge is -2.50. The van der Waals surface area contributed by atoms with E-state index in [-0.39, 0.29) is 5.91 Å². The van der Waals surface area contributed by atoms with Crippen LogP contribution in [0.15, 0.2) is 36.4 Å². The number of likely N-dealkylation sites (N-methyl/N-ethyl adjacent to an activating group) is 1. The molecule has 1 amide bonds. The minimum Gasteiger partial charge on any atom is -0.380 e. The second-order valence-corrected chi connectivity index (χ2v) is 8.85. The van der Waals surface area contributed by atoms with Crippen LogP contribution in [0.4, 0.5) is 13.2 Å². The van der Waals surface area contributed by atoms with E-state index in [0.717, 1.165) is 13.2 Å². The molecule has 0 unspecified atom stereocenters. The van der Waals surface area contributed by atoms with Gasteiger partial charge in [-0.1, -0.05) is 12.1 Å². The Hall–Kier alpha value is -2.32. The highest BCUT2D eigenvalue weighted by molar-refractivity contribution is 5.94. The normalized spacial score (nSPS) is 21.7. The average Bonchev–Trinajstić information content (AvgIpc) is 3.16. The van der Waals surface area contributed by atoms with Crippen LogP contribution in [0.5, 0.6) is 0 Å². The quantitative estimate of drug-likeness (QED) is 0.725.